The van der Waals surface area contributed by atoms with Crippen LogP contribution in [0.2, 0.25) is 5.02 Å². The van der Waals surface area contributed by atoms with Gasteiger partial charge in [-0.25, -0.2) is 9.78 Å². The molecule has 3 aromatic rings. The highest BCUT2D eigenvalue weighted by atomic mass is 35.5. The van der Waals surface area contributed by atoms with Gasteiger partial charge < -0.3 is 26.2 Å². The van der Waals surface area contributed by atoms with Crippen molar-refractivity contribution in [3.05, 3.63) is 64.8 Å². The average Bonchev–Trinajstić information content (AvgIpc) is 3.63. The molecule has 200 valence electrons. The lowest BCUT2D eigenvalue weighted by Crippen LogP contribution is -2.40. The number of nitrogens with zero attached hydrogens (tertiary/aromatic N) is 5. The third-order valence-corrected chi connectivity index (χ3v) is 7.24. The maximum absolute atomic E-state index is 13.0. The van der Waals surface area contributed by atoms with Crippen molar-refractivity contribution < 1.29 is 9.59 Å². The summed E-state index contributed by atoms with van der Waals surface area (Å²) >= 11 is 6.36. The van der Waals surface area contributed by atoms with Gasteiger partial charge in [-0.05, 0) is 55.5 Å². The van der Waals surface area contributed by atoms with Gasteiger partial charge >= 0.3 is 6.03 Å². The fourth-order valence-corrected chi connectivity index (χ4v) is 5.13. The van der Waals surface area contributed by atoms with E-state index in [-0.39, 0.29) is 23.9 Å². The van der Waals surface area contributed by atoms with Crippen LogP contribution >= 0.6 is 11.6 Å². The van der Waals surface area contributed by atoms with Crippen LogP contribution in [0, 0.1) is 5.92 Å². The fraction of sp³-hybridized carbons (Fsp3) is 0.308. The highest BCUT2D eigenvalue weighted by Gasteiger charge is 2.29. The van der Waals surface area contributed by atoms with Gasteiger partial charge in [0.25, 0.3) is 5.91 Å². The molecular formula is C26H27ClN10O2. The van der Waals surface area contributed by atoms with Crippen molar-refractivity contribution in [1.29, 1.82) is 0 Å². The van der Waals surface area contributed by atoms with Gasteiger partial charge in [-0.3, -0.25) is 14.9 Å². The topological polar surface area (TPSA) is 152 Å². The third-order valence-electron chi connectivity index (χ3n) is 6.97. The van der Waals surface area contributed by atoms with Crippen molar-refractivity contribution in [2.24, 2.45) is 10.9 Å². The van der Waals surface area contributed by atoms with Gasteiger partial charge in [-0.1, -0.05) is 11.6 Å². The van der Waals surface area contributed by atoms with Crippen LogP contribution in [0.4, 0.5) is 27.9 Å². The number of hydrogen-bond donors (Lipinski definition) is 5. The van der Waals surface area contributed by atoms with E-state index in [1.165, 1.54) is 0 Å². The quantitative estimate of drug-likeness (QED) is 0.334. The number of aromatic nitrogens is 4. The van der Waals surface area contributed by atoms with Crippen LogP contribution in [-0.4, -0.2) is 62.3 Å². The number of aromatic amines is 1. The Kier molecular flexibility index (Phi) is 6.84. The molecule has 39 heavy (non-hydrogen) atoms. The van der Waals surface area contributed by atoms with Crippen LogP contribution < -0.4 is 21.3 Å². The van der Waals surface area contributed by atoms with E-state index < -0.39 is 0 Å². The lowest BCUT2D eigenvalue weighted by molar-refractivity contribution is 0.0783. The number of fused-ring (bicyclic) bond motifs is 6. The summed E-state index contributed by atoms with van der Waals surface area (Å²) in [6.07, 6.45) is 9.86. The largest absolute Gasteiger partial charge is 0.339 e. The number of halogens is 1. The molecule has 2 aromatic heterocycles. The fourth-order valence-electron chi connectivity index (χ4n) is 4.99. The standard InChI is InChI=1S/C26H27ClN10O2/c27-20-13-29-25-32-19-9-15(11-28-12-19)1-2-16-10-17(31-23(20)35-25)3-4-21(16)34-26(39)33-18-6-8-37(14-18)24(38)22-5-7-30-36-22/h3-5,7,10-13,15,18H,1-2,6,8-9,14H2,(H,30,36)(H2,33,34,39)(H2,29,31,32,35)/t15?,18-/m0/s1. The molecule has 3 aliphatic heterocycles. The summed E-state index contributed by atoms with van der Waals surface area (Å²) in [5, 5.41) is 19.5. The van der Waals surface area contributed by atoms with Crippen molar-refractivity contribution >= 4 is 52.9 Å². The summed E-state index contributed by atoms with van der Waals surface area (Å²) < 4.78 is 0. The number of carbonyl (C=O) groups excluding carboxylic acids is 2. The second-order valence-electron chi connectivity index (χ2n) is 9.77. The first-order valence-electron chi connectivity index (χ1n) is 12.8. The van der Waals surface area contributed by atoms with Gasteiger partial charge in [-0.2, -0.15) is 10.1 Å². The first-order valence-corrected chi connectivity index (χ1v) is 13.2. The highest BCUT2D eigenvalue weighted by molar-refractivity contribution is 6.32. The highest BCUT2D eigenvalue weighted by Crippen LogP contribution is 2.30. The number of hydrogen-bond acceptors (Lipinski definition) is 8. The Bertz CT molecular complexity index is 1450. The summed E-state index contributed by atoms with van der Waals surface area (Å²) in [4.78, 5) is 40.5. The summed E-state index contributed by atoms with van der Waals surface area (Å²) in [6.45, 7) is 1.00. The molecule has 6 rings (SSSR count). The van der Waals surface area contributed by atoms with Gasteiger partial charge in [0.15, 0.2) is 5.82 Å². The maximum Gasteiger partial charge on any atom is 0.319 e. The van der Waals surface area contributed by atoms with E-state index >= 15 is 0 Å². The van der Waals surface area contributed by atoms with Gasteiger partial charge in [0, 0.05) is 60.7 Å². The Balaban J connectivity index is 1.17. The molecule has 5 N–H and O–H groups in total. The Morgan fingerprint density at radius 1 is 1.15 bits per heavy atom. The number of allylic oxidation sites excluding steroid dienone is 1. The van der Waals surface area contributed by atoms with E-state index in [9.17, 15) is 9.59 Å². The number of rotatable bonds is 3. The Morgan fingerprint density at radius 2 is 2.08 bits per heavy atom. The molecule has 0 spiro atoms. The minimum Gasteiger partial charge on any atom is -0.339 e. The number of aryl methyl sites for hydroxylation is 1. The summed E-state index contributed by atoms with van der Waals surface area (Å²) in [7, 11) is 0. The molecule has 1 unspecified atom stereocenters. The molecule has 3 amide bonds. The Hall–Kier alpha value is -4.45. The minimum atomic E-state index is -0.312. The van der Waals surface area contributed by atoms with Crippen LogP contribution in [0.5, 0.6) is 0 Å². The molecule has 1 saturated heterocycles. The van der Waals surface area contributed by atoms with E-state index in [2.05, 4.69) is 46.4 Å². The minimum absolute atomic E-state index is 0.123. The molecule has 12 nitrogen and oxygen atoms in total. The normalized spacial score (nSPS) is 19.9. The smallest absolute Gasteiger partial charge is 0.319 e. The van der Waals surface area contributed by atoms with Gasteiger partial charge in [0.1, 0.15) is 10.7 Å². The molecule has 5 heterocycles. The molecule has 1 aromatic carbocycles. The number of likely N-dealkylation sites (tertiary alicyclic amines) is 1. The van der Waals surface area contributed by atoms with Gasteiger partial charge in [-0.15, -0.1) is 0 Å². The predicted molar refractivity (Wildman–Crippen MR) is 148 cm³/mol. The summed E-state index contributed by atoms with van der Waals surface area (Å²) in [6, 6.07) is 6.92. The van der Waals surface area contributed by atoms with E-state index in [1.807, 2.05) is 24.4 Å². The van der Waals surface area contributed by atoms with E-state index in [0.29, 0.717) is 47.7 Å². The number of carbonyl (C=O) groups is 2. The zero-order chi connectivity index (χ0) is 26.8. The number of nitrogens with one attached hydrogen (secondary N) is 5. The van der Waals surface area contributed by atoms with Crippen molar-refractivity contribution in [2.45, 2.75) is 31.7 Å². The summed E-state index contributed by atoms with van der Waals surface area (Å²) in [5.41, 5.74) is 3.85. The molecule has 3 aliphatic rings. The number of benzene rings is 1. The number of amides is 3. The van der Waals surface area contributed by atoms with Crippen molar-refractivity contribution in [3.8, 4) is 0 Å². The molecule has 6 bridgehead atoms. The zero-order valence-corrected chi connectivity index (χ0v) is 21.7. The number of aliphatic imine (C=N–C) groups is 1. The van der Waals surface area contributed by atoms with Crippen LogP contribution in [0.1, 0.15) is 35.3 Å². The molecule has 13 heteroatoms. The van der Waals surface area contributed by atoms with Gasteiger partial charge in [0.05, 0.1) is 6.20 Å². The summed E-state index contributed by atoms with van der Waals surface area (Å²) in [5.74, 6) is 1.02. The monoisotopic (exact) mass is 546 g/mol. The SMILES string of the molecule is O=C(Nc1ccc2cc1CCC1C=NC=C(C1)Nc1ncc(Cl)c(n1)N2)N[C@H]1CCN(C(=O)c2ccn[nH]2)C1. The van der Waals surface area contributed by atoms with Crippen molar-refractivity contribution in [1.82, 2.24) is 30.4 Å². The van der Waals surface area contributed by atoms with E-state index in [1.54, 1.807) is 29.6 Å². The lowest BCUT2D eigenvalue weighted by atomic mass is 9.94. The molecule has 0 aliphatic carbocycles. The molecule has 2 atom stereocenters. The van der Waals surface area contributed by atoms with E-state index in [0.717, 1.165) is 36.2 Å². The van der Waals surface area contributed by atoms with Crippen molar-refractivity contribution in [2.75, 3.05) is 29.0 Å². The molecule has 1 fully saturated rings. The first-order chi connectivity index (χ1) is 19.0. The third kappa shape index (κ3) is 5.70. The second-order valence-corrected chi connectivity index (χ2v) is 10.2. The van der Waals surface area contributed by atoms with Crippen LogP contribution in [-0.2, 0) is 6.42 Å². The average molecular weight is 547 g/mol. The maximum atomic E-state index is 13.0. The Morgan fingerprint density at radius 3 is 2.95 bits per heavy atom. The number of anilines is 4. The number of H-pyrrole nitrogens is 1. The Labute approximate surface area is 229 Å². The lowest BCUT2D eigenvalue weighted by Gasteiger charge is -2.20. The van der Waals surface area contributed by atoms with Crippen LogP contribution in [0.3, 0.4) is 0 Å². The van der Waals surface area contributed by atoms with Crippen molar-refractivity contribution in [3.63, 3.8) is 0 Å². The second kappa shape index (κ2) is 10.7. The zero-order valence-electron chi connectivity index (χ0n) is 20.9. The van der Waals surface area contributed by atoms with Gasteiger partial charge in [0.2, 0.25) is 5.95 Å². The molecule has 0 saturated carbocycles. The number of urea groups is 1. The molecular weight excluding hydrogens is 520 g/mol. The van der Waals surface area contributed by atoms with E-state index in [4.69, 9.17) is 11.6 Å². The predicted octanol–water partition coefficient (Wildman–Crippen LogP) is 3.92. The first kappa shape index (κ1) is 24.9. The molecule has 0 radical (unpaired) electrons. The van der Waals surface area contributed by atoms with Crippen LogP contribution in [0.15, 0.2) is 53.5 Å². The van der Waals surface area contributed by atoms with Crippen LogP contribution in [0.25, 0.3) is 0 Å².